The summed E-state index contributed by atoms with van der Waals surface area (Å²) in [5, 5.41) is -0.0892. The molecule has 84 valence electrons. The molecular weight excluding hydrogens is 296 g/mol. The fourth-order valence-electron chi connectivity index (χ4n) is 2.16. The predicted octanol–water partition coefficient (Wildman–Crippen LogP) is 5.26. The first-order valence-corrected chi connectivity index (χ1v) is 6.69. The van der Waals surface area contributed by atoms with Gasteiger partial charge in [0.2, 0.25) is 0 Å². The molecule has 1 aliphatic carbocycles. The van der Waals surface area contributed by atoms with Gasteiger partial charge in [0.05, 0.1) is 5.38 Å². The summed E-state index contributed by atoms with van der Waals surface area (Å²) in [6.07, 6.45) is 4.26. The summed E-state index contributed by atoms with van der Waals surface area (Å²) >= 11 is 10.1. The van der Waals surface area contributed by atoms with Crippen LogP contribution >= 0.6 is 27.5 Å². The number of benzene rings is 2. The lowest BCUT2D eigenvalue weighted by molar-refractivity contribution is 1.13. The van der Waals surface area contributed by atoms with E-state index in [9.17, 15) is 0 Å². The molecule has 1 aliphatic rings. The highest BCUT2D eigenvalue weighted by molar-refractivity contribution is 9.10. The van der Waals surface area contributed by atoms with Crippen LogP contribution in [-0.4, -0.2) is 0 Å². The molecule has 2 heteroatoms. The third-order valence-corrected chi connectivity index (χ3v) is 4.00. The summed E-state index contributed by atoms with van der Waals surface area (Å²) in [5.41, 5.74) is 4.70. The van der Waals surface area contributed by atoms with Gasteiger partial charge in [0.25, 0.3) is 0 Å². The summed E-state index contributed by atoms with van der Waals surface area (Å²) in [7, 11) is 0. The first-order chi connectivity index (χ1) is 8.25. The number of fused-ring (bicyclic) bond motifs is 2. The van der Waals surface area contributed by atoms with Gasteiger partial charge in [-0.2, -0.15) is 0 Å². The normalized spacial score (nSPS) is 17.2. The Labute approximate surface area is 114 Å². The Hall–Kier alpha value is -1.05. The van der Waals surface area contributed by atoms with Crippen LogP contribution in [0.3, 0.4) is 0 Å². The van der Waals surface area contributed by atoms with E-state index < -0.39 is 0 Å². The summed E-state index contributed by atoms with van der Waals surface area (Å²) in [6, 6.07) is 14.5. The van der Waals surface area contributed by atoms with Gasteiger partial charge in [-0.15, -0.1) is 11.6 Å². The summed E-state index contributed by atoms with van der Waals surface area (Å²) in [5.74, 6) is 0. The lowest BCUT2D eigenvalue weighted by Crippen LogP contribution is -1.96. The zero-order chi connectivity index (χ0) is 11.8. The fraction of sp³-hybridized carbons (Fsp3) is 0.0667. The van der Waals surface area contributed by atoms with Gasteiger partial charge in [-0.25, -0.2) is 0 Å². The zero-order valence-corrected chi connectivity index (χ0v) is 11.4. The van der Waals surface area contributed by atoms with Crippen molar-refractivity contribution in [2.75, 3.05) is 0 Å². The van der Waals surface area contributed by atoms with Crippen LogP contribution in [0.4, 0.5) is 0 Å². The van der Waals surface area contributed by atoms with Gasteiger partial charge >= 0.3 is 0 Å². The van der Waals surface area contributed by atoms with Crippen LogP contribution in [0.1, 0.15) is 27.6 Å². The van der Waals surface area contributed by atoms with Gasteiger partial charge in [-0.3, -0.25) is 0 Å². The molecule has 1 unspecified atom stereocenters. The summed E-state index contributed by atoms with van der Waals surface area (Å²) in [6.45, 7) is 0. The molecule has 2 aromatic rings. The van der Waals surface area contributed by atoms with E-state index >= 15 is 0 Å². The van der Waals surface area contributed by atoms with Crippen LogP contribution in [0.5, 0.6) is 0 Å². The van der Waals surface area contributed by atoms with E-state index in [1.807, 2.05) is 18.2 Å². The molecule has 0 aliphatic heterocycles. The molecule has 0 saturated heterocycles. The van der Waals surface area contributed by atoms with E-state index in [2.05, 4.69) is 52.3 Å². The molecule has 3 rings (SSSR count). The van der Waals surface area contributed by atoms with Crippen molar-refractivity contribution in [1.29, 1.82) is 0 Å². The Bertz CT molecular complexity index is 602. The van der Waals surface area contributed by atoms with Crippen molar-refractivity contribution in [3.05, 3.63) is 69.2 Å². The molecule has 0 amide bonds. The Morgan fingerprint density at radius 3 is 2.41 bits per heavy atom. The van der Waals surface area contributed by atoms with Crippen LogP contribution in [0.15, 0.2) is 46.9 Å². The quantitative estimate of drug-likeness (QED) is 0.582. The van der Waals surface area contributed by atoms with Crippen LogP contribution in [0.2, 0.25) is 0 Å². The van der Waals surface area contributed by atoms with E-state index in [0.717, 1.165) is 10.0 Å². The Kier molecular flexibility index (Phi) is 2.81. The minimum absolute atomic E-state index is 0.0892. The molecule has 0 radical (unpaired) electrons. The van der Waals surface area contributed by atoms with Crippen molar-refractivity contribution in [2.24, 2.45) is 0 Å². The van der Waals surface area contributed by atoms with E-state index in [4.69, 9.17) is 11.6 Å². The minimum Gasteiger partial charge on any atom is -0.113 e. The predicted molar refractivity (Wildman–Crippen MR) is 77.2 cm³/mol. The average Bonchev–Trinajstić information content (AvgIpc) is 2.49. The Morgan fingerprint density at radius 2 is 1.59 bits per heavy atom. The highest BCUT2D eigenvalue weighted by atomic mass is 79.9. The van der Waals surface area contributed by atoms with Crippen LogP contribution in [0, 0.1) is 0 Å². The molecule has 0 nitrogen and oxygen atoms in total. The second-order valence-electron chi connectivity index (χ2n) is 4.10. The smallest absolute Gasteiger partial charge is 0.0847 e. The van der Waals surface area contributed by atoms with Crippen molar-refractivity contribution in [1.82, 2.24) is 0 Å². The van der Waals surface area contributed by atoms with Gasteiger partial charge in [-0.1, -0.05) is 58.4 Å². The van der Waals surface area contributed by atoms with Crippen molar-refractivity contribution in [3.8, 4) is 0 Å². The third-order valence-electron chi connectivity index (χ3n) is 3.03. The van der Waals surface area contributed by atoms with Crippen molar-refractivity contribution < 1.29 is 0 Å². The van der Waals surface area contributed by atoms with Gasteiger partial charge in [0.15, 0.2) is 0 Å². The molecule has 0 saturated carbocycles. The Balaban J connectivity index is 2.25. The fourth-order valence-corrected chi connectivity index (χ4v) is 2.92. The molecule has 17 heavy (non-hydrogen) atoms. The highest BCUT2D eigenvalue weighted by Crippen LogP contribution is 2.38. The van der Waals surface area contributed by atoms with Crippen molar-refractivity contribution >= 4 is 39.7 Å². The number of rotatable bonds is 0. The number of hydrogen-bond donors (Lipinski definition) is 0. The SMILES string of the molecule is ClC1c2ccccc2C=Cc2ccc(Br)cc21. The lowest BCUT2D eigenvalue weighted by Gasteiger charge is -2.13. The molecule has 0 N–H and O–H groups in total. The summed E-state index contributed by atoms with van der Waals surface area (Å²) < 4.78 is 1.06. The zero-order valence-electron chi connectivity index (χ0n) is 9.03. The maximum atomic E-state index is 6.59. The first-order valence-electron chi connectivity index (χ1n) is 5.46. The topological polar surface area (TPSA) is 0 Å². The van der Waals surface area contributed by atoms with Gasteiger partial charge < -0.3 is 0 Å². The van der Waals surface area contributed by atoms with Crippen LogP contribution < -0.4 is 0 Å². The number of hydrogen-bond acceptors (Lipinski definition) is 0. The first kappa shape index (κ1) is 11.1. The van der Waals surface area contributed by atoms with E-state index in [1.54, 1.807) is 0 Å². The van der Waals surface area contributed by atoms with Crippen molar-refractivity contribution in [3.63, 3.8) is 0 Å². The largest absolute Gasteiger partial charge is 0.113 e. The number of halogens is 2. The molecule has 0 fully saturated rings. The van der Waals surface area contributed by atoms with Crippen molar-refractivity contribution in [2.45, 2.75) is 5.38 Å². The van der Waals surface area contributed by atoms with E-state index in [-0.39, 0.29) is 5.38 Å². The monoisotopic (exact) mass is 304 g/mol. The molecular formula is C15H10BrCl. The maximum Gasteiger partial charge on any atom is 0.0847 e. The molecule has 0 bridgehead atoms. The van der Waals surface area contributed by atoms with Gasteiger partial charge in [-0.05, 0) is 34.4 Å². The maximum absolute atomic E-state index is 6.59. The second kappa shape index (κ2) is 4.32. The lowest BCUT2D eigenvalue weighted by atomic mass is 9.99. The highest BCUT2D eigenvalue weighted by Gasteiger charge is 2.18. The van der Waals surface area contributed by atoms with E-state index in [1.165, 1.54) is 16.7 Å². The molecule has 0 heterocycles. The molecule has 2 aromatic carbocycles. The minimum atomic E-state index is -0.0892. The van der Waals surface area contributed by atoms with Crippen LogP contribution in [-0.2, 0) is 0 Å². The molecule has 0 aromatic heterocycles. The summed E-state index contributed by atoms with van der Waals surface area (Å²) in [4.78, 5) is 0. The Morgan fingerprint density at radius 1 is 0.882 bits per heavy atom. The van der Waals surface area contributed by atoms with Crippen LogP contribution in [0.25, 0.3) is 12.2 Å². The molecule has 0 spiro atoms. The number of alkyl halides is 1. The second-order valence-corrected chi connectivity index (χ2v) is 5.45. The van der Waals surface area contributed by atoms with E-state index in [0.29, 0.717) is 0 Å². The molecule has 1 atom stereocenters. The van der Waals surface area contributed by atoms with Gasteiger partial charge in [0.1, 0.15) is 0 Å². The third kappa shape index (κ3) is 1.94. The average molecular weight is 306 g/mol. The van der Waals surface area contributed by atoms with Gasteiger partial charge in [0, 0.05) is 4.47 Å². The standard InChI is InChI=1S/C15H10BrCl/c16-12-8-7-11-6-5-10-3-1-2-4-13(10)15(17)14(11)9-12/h1-9,15H.